The normalized spacial score (nSPS) is 27.2. The van der Waals surface area contributed by atoms with Crippen LogP contribution < -0.4 is 0 Å². The Balaban J connectivity index is 2.58. The van der Waals surface area contributed by atoms with E-state index in [1.54, 1.807) is 0 Å². The molecule has 1 saturated carbocycles. The van der Waals surface area contributed by atoms with Gasteiger partial charge in [0.25, 0.3) is 0 Å². The van der Waals surface area contributed by atoms with Crippen molar-refractivity contribution in [2.45, 2.75) is 26.2 Å². The van der Waals surface area contributed by atoms with Crippen LogP contribution >= 0.6 is 0 Å². The van der Waals surface area contributed by atoms with E-state index in [4.69, 9.17) is 10.5 Å². The third-order valence-electron chi connectivity index (χ3n) is 2.38. The molecule has 1 aliphatic rings. The van der Waals surface area contributed by atoms with Crippen LogP contribution in [0, 0.1) is 34.5 Å². The molecule has 1 aliphatic carbocycles. The van der Waals surface area contributed by atoms with Crippen LogP contribution in [0.1, 0.15) is 26.2 Å². The number of hydrogen-bond acceptors (Lipinski definition) is 2. The molecule has 0 spiro atoms. The Bertz CT molecular complexity index is 249. The number of nitriles is 2. The van der Waals surface area contributed by atoms with Gasteiger partial charge in [0.1, 0.15) is 17.7 Å². The maximum absolute atomic E-state index is 8.51. The van der Waals surface area contributed by atoms with Crippen molar-refractivity contribution in [2.24, 2.45) is 11.8 Å². The quantitative estimate of drug-likeness (QED) is 0.553. The van der Waals surface area contributed by atoms with Gasteiger partial charge in [0.15, 0.2) is 0 Å². The Labute approximate surface area is 73.1 Å². The maximum atomic E-state index is 8.51. The highest BCUT2D eigenvalue weighted by atomic mass is 14.3. The van der Waals surface area contributed by atoms with E-state index < -0.39 is 0 Å². The molecule has 12 heavy (non-hydrogen) atoms. The molecule has 2 heteroatoms. The zero-order chi connectivity index (χ0) is 8.97. The lowest BCUT2D eigenvalue weighted by atomic mass is 10.0. The zero-order valence-corrected chi connectivity index (χ0v) is 7.25. The van der Waals surface area contributed by atoms with E-state index in [9.17, 15) is 0 Å². The molecule has 0 N–H and O–H groups in total. The fraction of sp³-hybridized carbons (Fsp3) is 0.600. The lowest BCUT2D eigenvalue weighted by Crippen LogP contribution is -1.90. The third kappa shape index (κ3) is 2.10. The molecular weight excluding hydrogens is 148 g/mol. The highest BCUT2D eigenvalue weighted by Crippen LogP contribution is 2.31. The number of nitrogens with zero attached hydrogens (tertiary/aromatic N) is 2. The van der Waals surface area contributed by atoms with Gasteiger partial charge < -0.3 is 0 Å². The minimum Gasteiger partial charge on any atom is -0.192 e. The van der Waals surface area contributed by atoms with Crippen LogP contribution in [0.3, 0.4) is 0 Å². The molecule has 0 heterocycles. The lowest BCUT2D eigenvalue weighted by Gasteiger charge is -2.00. The van der Waals surface area contributed by atoms with Gasteiger partial charge in [-0.3, -0.25) is 0 Å². The molecular formula is C10H12N2. The molecule has 1 rings (SSSR count). The van der Waals surface area contributed by atoms with Gasteiger partial charge in [0.2, 0.25) is 0 Å². The van der Waals surface area contributed by atoms with Gasteiger partial charge in [-0.25, -0.2) is 0 Å². The standard InChI is InChI=1S/C10H12N2/c1-8-2-3-9(4-8)5-10(6-11)7-12/h5,8-9H,2-4H2,1H3. The van der Waals surface area contributed by atoms with E-state index in [0.29, 0.717) is 5.92 Å². The van der Waals surface area contributed by atoms with Gasteiger partial charge in [-0.1, -0.05) is 19.4 Å². The molecule has 0 aromatic heterocycles. The van der Waals surface area contributed by atoms with Crippen molar-refractivity contribution < 1.29 is 0 Å². The van der Waals surface area contributed by atoms with Crippen molar-refractivity contribution in [3.8, 4) is 12.1 Å². The second kappa shape index (κ2) is 3.93. The Morgan fingerprint density at radius 1 is 1.33 bits per heavy atom. The lowest BCUT2D eigenvalue weighted by molar-refractivity contribution is 0.585. The van der Waals surface area contributed by atoms with E-state index in [1.165, 1.54) is 6.42 Å². The van der Waals surface area contributed by atoms with E-state index in [2.05, 4.69) is 6.92 Å². The van der Waals surface area contributed by atoms with Crippen molar-refractivity contribution in [1.82, 2.24) is 0 Å². The first kappa shape index (κ1) is 8.81. The maximum Gasteiger partial charge on any atom is 0.125 e. The topological polar surface area (TPSA) is 47.6 Å². The van der Waals surface area contributed by atoms with Gasteiger partial charge in [-0.15, -0.1) is 0 Å². The summed E-state index contributed by atoms with van der Waals surface area (Å²) in [7, 11) is 0. The van der Waals surface area contributed by atoms with Crippen LogP contribution in [-0.2, 0) is 0 Å². The predicted octanol–water partition coefficient (Wildman–Crippen LogP) is 2.40. The molecule has 0 saturated heterocycles. The molecule has 0 amide bonds. The molecule has 0 aliphatic heterocycles. The Kier molecular flexibility index (Phi) is 2.88. The second-order valence-corrected chi connectivity index (χ2v) is 3.48. The smallest absolute Gasteiger partial charge is 0.125 e. The highest BCUT2D eigenvalue weighted by Gasteiger charge is 2.19. The van der Waals surface area contributed by atoms with Crippen molar-refractivity contribution in [1.29, 1.82) is 10.5 Å². The van der Waals surface area contributed by atoms with Crippen LogP contribution in [0.4, 0.5) is 0 Å². The minimum atomic E-state index is 0.272. The monoisotopic (exact) mass is 160 g/mol. The van der Waals surface area contributed by atoms with Crippen molar-refractivity contribution in [3.05, 3.63) is 11.6 Å². The number of rotatable bonds is 1. The van der Waals surface area contributed by atoms with Gasteiger partial charge in [-0.05, 0) is 24.7 Å². The largest absolute Gasteiger partial charge is 0.192 e. The van der Waals surface area contributed by atoms with Crippen molar-refractivity contribution in [2.75, 3.05) is 0 Å². The fourth-order valence-corrected chi connectivity index (χ4v) is 1.74. The molecule has 0 aromatic rings. The molecule has 0 radical (unpaired) electrons. The molecule has 0 bridgehead atoms. The summed E-state index contributed by atoms with van der Waals surface area (Å²) >= 11 is 0. The summed E-state index contributed by atoms with van der Waals surface area (Å²) in [5.74, 6) is 1.22. The van der Waals surface area contributed by atoms with E-state index in [1.807, 2.05) is 18.2 Å². The first-order valence-electron chi connectivity index (χ1n) is 4.28. The van der Waals surface area contributed by atoms with Crippen LogP contribution in [0.15, 0.2) is 11.6 Å². The van der Waals surface area contributed by atoms with Gasteiger partial charge >= 0.3 is 0 Å². The molecule has 2 unspecified atom stereocenters. The van der Waals surface area contributed by atoms with Crippen LogP contribution in [-0.4, -0.2) is 0 Å². The summed E-state index contributed by atoms with van der Waals surface area (Å²) in [4.78, 5) is 0. The Hall–Kier alpha value is -1.28. The average molecular weight is 160 g/mol. The second-order valence-electron chi connectivity index (χ2n) is 3.48. The average Bonchev–Trinajstić information content (AvgIpc) is 2.47. The van der Waals surface area contributed by atoms with E-state index in [-0.39, 0.29) is 5.57 Å². The molecule has 0 aromatic carbocycles. The van der Waals surface area contributed by atoms with Crippen LogP contribution in [0.2, 0.25) is 0 Å². The summed E-state index contributed by atoms with van der Waals surface area (Å²) in [5, 5.41) is 17.0. The first-order valence-corrected chi connectivity index (χ1v) is 4.28. The van der Waals surface area contributed by atoms with Gasteiger partial charge in [0, 0.05) is 0 Å². The zero-order valence-electron chi connectivity index (χ0n) is 7.25. The van der Waals surface area contributed by atoms with Gasteiger partial charge in [0.05, 0.1) is 0 Å². The van der Waals surface area contributed by atoms with Gasteiger partial charge in [-0.2, -0.15) is 10.5 Å². The Morgan fingerprint density at radius 2 is 2.00 bits per heavy atom. The van der Waals surface area contributed by atoms with Crippen LogP contribution in [0.5, 0.6) is 0 Å². The fourth-order valence-electron chi connectivity index (χ4n) is 1.74. The van der Waals surface area contributed by atoms with E-state index >= 15 is 0 Å². The first-order chi connectivity index (χ1) is 5.76. The summed E-state index contributed by atoms with van der Waals surface area (Å²) in [5.41, 5.74) is 0.272. The summed E-state index contributed by atoms with van der Waals surface area (Å²) in [6.07, 6.45) is 5.32. The SMILES string of the molecule is CC1CCC(C=C(C#N)C#N)C1. The summed E-state index contributed by atoms with van der Waals surface area (Å²) in [6, 6.07) is 3.79. The number of allylic oxidation sites excluding steroid dienone is 2. The molecule has 2 atom stereocenters. The van der Waals surface area contributed by atoms with E-state index in [0.717, 1.165) is 18.8 Å². The predicted molar refractivity (Wildman–Crippen MR) is 45.8 cm³/mol. The number of hydrogen-bond donors (Lipinski definition) is 0. The van der Waals surface area contributed by atoms with Crippen LogP contribution in [0.25, 0.3) is 0 Å². The molecule has 62 valence electrons. The Morgan fingerprint density at radius 3 is 2.42 bits per heavy atom. The third-order valence-corrected chi connectivity index (χ3v) is 2.38. The molecule has 2 nitrogen and oxygen atoms in total. The van der Waals surface area contributed by atoms with Crippen molar-refractivity contribution >= 4 is 0 Å². The minimum absolute atomic E-state index is 0.272. The highest BCUT2D eigenvalue weighted by molar-refractivity contribution is 5.35. The summed E-state index contributed by atoms with van der Waals surface area (Å²) < 4.78 is 0. The summed E-state index contributed by atoms with van der Waals surface area (Å²) in [6.45, 7) is 2.21. The molecule has 1 fully saturated rings. The van der Waals surface area contributed by atoms with Crippen molar-refractivity contribution in [3.63, 3.8) is 0 Å².